The molecule has 0 saturated carbocycles. The van der Waals surface area contributed by atoms with Crippen molar-refractivity contribution in [1.29, 1.82) is 0 Å². The van der Waals surface area contributed by atoms with Gasteiger partial charge in [0, 0.05) is 0 Å². The summed E-state index contributed by atoms with van der Waals surface area (Å²) in [4.78, 5) is 10.0. The Bertz CT molecular complexity index is 142. The first kappa shape index (κ1) is 9.58. The Balaban J connectivity index is 0.000000640. The molecule has 0 aromatic heterocycles. The topological polar surface area (TPSA) is 69.2 Å². The van der Waals surface area contributed by atoms with E-state index in [-0.39, 0.29) is 41.9 Å². The van der Waals surface area contributed by atoms with Gasteiger partial charge >= 0.3 is 29.6 Å². The van der Waals surface area contributed by atoms with Crippen LogP contribution in [0.1, 0.15) is 6.42 Å². The van der Waals surface area contributed by atoms with Crippen molar-refractivity contribution in [2.45, 2.75) is 11.8 Å². The van der Waals surface area contributed by atoms with Gasteiger partial charge in [-0.15, -0.1) is 0 Å². The minimum atomic E-state index is -2.13. The number of hydrogen-bond donors (Lipinski definition) is 1. The smallest absolute Gasteiger partial charge is 0.771 e. The average molecular weight is 157 g/mol. The van der Waals surface area contributed by atoms with E-state index in [0.717, 1.165) is 0 Å². The average Bonchev–Trinajstić information content (AvgIpc) is 1.57. The number of carbonyl (C=O) groups excluding carboxylic acids is 1. The molecule has 1 rings (SSSR count). The van der Waals surface area contributed by atoms with Gasteiger partial charge in [-0.05, 0) is 11.1 Å². The van der Waals surface area contributed by atoms with Crippen LogP contribution >= 0.6 is 0 Å². The fourth-order valence-corrected chi connectivity index (χ4v) is 0.958. The fraction of sp³-hybridized carbons (Fsp3) is 0.667. The zero-order valence-electron chi connectivity index (χ0n) is 4.92. The minimum absolute atomic E-state index is 0. The van der Waals surface area contributed by atoms with Gasteiger partial charge in [0.25, 0.3) is 0 Å². The SMILES string of the molecule is O=C1CC(S(=O)[O-])N1.[Na+]. The molecule has 0 aliphatic carbocycles. The fourth-order valence-electron chi connectivity index (χ4n) is 0.443. The van der Waals surface area contributed by atoms with Crippen LogP contribution in [-0.4, -0.2) is 20.0 Å². The molecule has 0 bridgehead atoms. The van der Waals surface area contributed by atoms with Crippen LogP contribution in [0.4, 0.5) is 0 Å². The molecule has 0 radical (unpaired) electrons. The van der Waals surface area contributed by atoms with Gasteiger partial charge in [0.2, 0.25) is 5.91 Å². The molecular formula is C3H4NNaO3S. The summed E-state index contributed by atoms with van der Waals surface area (Å²) in [6.45, 7) is 0. The Morgan fingerprint density at radius 3 is 2.33 bits per heavy atom. The van der Waals surface area contributed by atoms with E-state index in [1.54, 1.807) is 0 Å². The van der Waals surface area contributed by atoms with Crippen LogP contribution in [0.25, 0.3) is 0 Å². The maximum Gasteiger partial charge on any atom is 1.00 e. The molecule has 1 saturated heterocycles. The molecule has 1 heterocycles. The van der Waals surface area contributed by atoms with Crippen molar-refractivity contribution < 1.29 is 43.1 Å². The molecular weight excluding hydrogens is 153 g/mol. The zero-order chi connectivity index (χ0) is 6.15. The van der Waals surface area contributed by atoms with Gasteiger partial charge in [0.05, 0.1) is 6.42 Å². The van der Waals surface area contributed by atoms with E-state index in [2.05, 4.69) is 5.32 Å². The summed E-state index contributed by atoms with van der Waals surface area (Å²) in [6, 6.07) is 0. The summed E-state index contributed by atoms with van der Waals surface area (Å²) in [5.41, 5.74) is 0. The van der Waals surface area contributed by atoms with Gasteiger partial charge in [-0.3, -0.25) is 9.00 Å². The second kappa shape index (κ2) is 3.68. The molecule has 2 unspecified atom stereocenters. The zero-order valence-corrected chi connectivity index (χ0v) is 7.73. The molecule has 1 fully saturated rings. The molecule has 0 aromatic carbocycles. The molecule has 4 nitrogen and oxygen atoms in total. The van der Waals surface area contributed by atoms with Crippen molar-refractivity contribution in [3.05, 3.63) is 0 Å². The standard InChI is InChI=1S/C3H5NO3S.Na/c5-2-1-3(4-2)8(6)7;/h3H,1H2,(H,4,5)(H,6,7);/q;+1/p-1. The Labute approximate surface area is 77.0 Å². The second-order valence-corrected chi connectivity index (χ2v) is 2.61. The van der Waals surface area contributed by atoms with Crippen LogP contribution in [0.3, 0.4) is 0 Å². The van der Waals surface area contributed by atoms with Gasteiger partial charge < -0.3 is 9.87 Å². The predicted octanol–water partition coefficient (Wildman–Crippen LogP) is -4.28. The second-order valence-electron chi connectivity index (χ2n) is 1.52. The third-order valence-electron chi connectivity index (χ3n) is 0.925. The van der Waals surface area contributed by atoms with E-state index in [9.17, 15) is 13.6 Å². The third kappa shape index (κ3) is 2.35. The van der Waals surface area contributed by atoms with Crippen LogP contribution in [-0.2, 0) is 15.9 Å². The van der Waals surface area contributed by atoms with Crippen molar-refractivity contribution in [2.75, 3.05) is 0 Å². The Kier molecular flexibility index (Phi) is 3.91. The number of nitrogens with one attached hydrogen (secondary N) is 1. The molecule has 6 heteroatoms. The predicted molar refractivity (Wildman–Crippen MR) is 25.5 cm³/mol. The Hall–Kier alpha value is 0.580. The number of carbonyl (C=O) groups is 1. The molecule has 1 amide bonds. The summed E-state index contributed by atoms with van der Waals surface area (Å²) in [5, 5.41) is 1.57. The molecule has 1 aliphatic heterocycles. The molecule has 2 atom stereocenters. The van der Waals surface area contributed by atoms with Crippen LogP contribution in [0, 0.1) is 0 Å². The van der Waals surface area contributed by atoms with E-state index >= 15 is 0 Å². The largest absolute Gasteiger partial charge is 1.00 e. The summed E-state index contributed by atoms with van der Waals surface area (Å²) in [5.74, 6) is -0.195. The minimum Gasteiger partial charge on any atom is -0.771 e. The number of hydrogen-bond acceptors (Lipinski definition) is 3. The van der Waals surface area contributed by atoms with Crippen LogP contribution in [0.5, 0.6) is 0 Å². The van der Waals surface area contributed by atoms with E-state index in [4.69, 9.17) is 0 Å². The van der Waals surface area contributed by atoms with Gasteiger partial charge in [-0.1, -0.05) is 0 Å². The molecule has 9 heavy (non-hydrogen) atoms. The Morgan fingerprint density at radius 1 is 1.78 bits per heavy atom. The van der Waals surface area contributed by atoms with Crippen LogP contribution in [0.2, 0.25) is 0 Å². The molecule has 0 aromatic rings. The van der Waals surface area contributed by atoms with Crippen molar-refractivity contribution >= 4 is 17.0 Å². The van der Waals surface area contributed by atoms with E-state index in [0.29, 0.717) is 0 Å². The van der Waals surface area contributed by atoms with E-state index in [1.807, 2.05) is 0 Å². The number of β-lactam (4-membered cyclic amide) rings is 1. The van der Waals surface area contributed by atoms with Crippen molar-refractivity contribution in [3.63, 3.8) is 0 Å². The van der Waals surface area contributed by atoms with Crippen molar-refractivity contribution in [3.8, 4) is 0 Å². The molecule has 1 N–H and O–H groups in total. The third-order valence-corrected chi connectivity index (χ3v) is 1.67. The van der Waals surface area contributed by atoms with Crippen molar-refractivity contribution in [1.82, 2.24) is 5.32 Å². The van der Waals surface area contributed by atoms with E-state index in [1.165, 1.54) is 0 Å². The van der Waals surface area contributed by atoms with Crippen molar-refractivity contribution in [2.24, 2.45) is 0 Å². The van der Waals surface area contributed by atoms with E-state index < -0.39 is 16.5 Å². The first-order valence-electron chi connectivity index (χ1n) is 2.07. The first-order chi connectivity index (χ1) is 3.70. The van der Waals surface area contributed by atoms with Gasteiger partial charge in [0.1, 0.15) is 5.37 Å². The molecule has 1 aliphatic rings. The quantitative estimate of drug-likeness (QED) is 0.238. The summed E-state index contributed by atoms with van der Waals surface area (Å²) in [7, 11) is 0. The monoisotopic (exact) mass is 157 g/mol. The van der Waals surface area contributed by atoms with Gasteiger partial charge in [-0.2, -0.15) is 0 Å². The molecule has 46 valence electrons. The normalized spacial score (nSPS) is 27.2. The van der Waals surface area contributed by atoms with Gasteiger partial charge in [0.15, 0.2) is 0 Å². The summed E-state index contributed by atoms with van der Waals surface area (Å²) in [6.07, 6.45) is 0.121. The maximum absolute atomic E-state index is 10.0. The molecule has 0 spiro atoms. The van der Waals surface area contributed by atoms with Gasteiger partial charge in [-0.25, -0.2) is 0 Å². The summed E-state index contributed by atoms with van der Waals surface area (Å²) >= 11 is -2.13. The van der Waals surface area contributed by atoms with Crippen LogP contribution < -0.4 is 34.9 Å². The maximum atomic E-state index is 10.0. The van der Waals surface area contributed by atoms with Crippen LogP contribution in [0.15, 0.2) is 0 Å². The number of amides is 1. The summed E-state index contributed by atoms with van der Waals surface area (Å²) < 4.78 is 19.8. The Morgan fingerprint density at radius 2 is 2.22 bits per heavy atom. The number of rotatable bonds is 1. The first-order valence-corrected chi connectivity index (χ1v) is 3.21.